The Bertz CT molecular complexity index is 1290. The zero-order chi connectivity index (χ0) is 22.9. The van der Waals surface area contributed by atoms with Gasteiger partial charge in [0.25, 0.3) is 21.8 Å². The standard InChI is InChI=1S/C23H20FN3O4S/c1-15-13-17-5-2-3-8-21(17)27(15)32(30,31)20-7-4-6-18(14-20)23(29)26-25-22(28)16-9-11-19(24)12-10-16/h2-12,14-15H,13H2,1H3,(H,25,28)(H,26,29). The summed E-state index contributed by atoms with van der Waals surface area (Å²) in [7, 11) is -3.91. The second kappa shape index (κ2) is 8.43. The number of benzene rings is 3. The summed E-state index contributed by atoms with van der Waals surface area (Å²) in [5.74, 6) is -1.81. The maximum atomic E-state index is 13.4. The van der Waals surface area contributed by atoms with Gasteiger partial charge in [0.05, 0.1) is 10.6 Å². The minimum absolute atomic E-state index is 0.0291. The van der Waals surface area contributed by atoms with E-state index in [4.69, 9.17) is 0 Å². The van der Waals surface area contributed by atoms with E-state index in [1.807, 2.05) is 19.1 Å². The summed E-state index contributed by atoms with van der Waals surface area (Å²) in [4.78, 5) is 24.6. The van der Waals surface area contributed by atoms with Crippen molar-refractivity contribution in [1.82, 2.24) is 10.9 Å². The largest absolute Gasteiger partial charge is 0.269 e. The molecular weight excluding hydrogens is 433 g/mol. The Kier molecular flexibility index (Phi) is 5.67. The molecule has 0 aromatic heterocycles. The molecule has 0 bridgehead atoms. The van der Waals surface area contributed by atoms with Crippen molar-refractivity contribution in [3.05, 3.63) is 95.3 Å². The number of carbonyl (C=O) groups excluding carboxylic acids is 2. The summed E-state index contributed by atoms with van der Waals surface area (Å²) >= 11 is 0. The lowest BCUT2D eigenvalue weighted by Crippen LogP contribution is -2.41. The van der Waals surface area contributed by atoms with E-state index in [-0.39, 0.29) is 22.1 Å². The van der Waals surface area contributed by atoms with Crippen LogP contribution in [-0.4, -0.2) is 26.3 Å². The fourth-order valence-electron chi connectivity index (χ4n) is 3.67. The first-order chi connectivity index (χ1) is 15.3. The molecule has 0 aliphatic carbocycles. The molecule has 164 valence electrons. The van der Waals surface area contributed by atoms with Gasteiger partial charge in [-0.3, -0.25) is 24.7 Å². The maximum absolute atomic E-state index is 13.4. The predicted molar refractivity (Wildman–Crippen MR) is 117 cm³/mol. The highest BCUT2D eigenvalue weighted by Gasteiger charge is 2.36. The molecule has 2 amide bonds. The third-order valence-electron chi connectivity index (χ3n) is 5.19. The normalized spacial score (nSPS) is 15.2. The summed E-state index contributed by atoms with van der Waals surface area (Å²) in [6.45, 7) is 1.83. The molecule has 3 aromatic carbocycles. The van der Waals surface area contributed by atoms with Gasteiger partial charge in [0, 0.05) is 17.2 Å². The molecule has 0 spiro atoms. The van der Waals surface area contributed by atoms with Crippen LogP contribution in [0.5, 0.6) is 0 Å². The molecule has 9 heteroatoms. The second-order valence-corrected chi connectivity index (χ2v) is 9.24. The van der Waals surface area contributed by atoms with Gasteiger partial charge >= 0.3 is 0 Å². The number of nitrogens with one attached hydrogen (secondary N) is 2. The zero-order valence-electron chi connectivity index (χ0n) is 17.1. The van der Waals surface area contributed by atoms with Gasteiger partial charge in [0.2, 0.25) is 0 Å². The van der Waals surface area contributed by atoms with Gasteiger partial charge in [-0.05, 0) is 67.4 Å². The molecule has 2 N–H and O–H groups in total. The molecule has 1 aliphatic rings. The van der Waals surface area contributed by atoms with Crippen molar-refractivity contribution < 1.29 is 22.4 Å². The molecular formula is C23H20FN3O4S. The Morgan fingerprint density at radius 2 is 1.56 bits per heavy atom. The van der Waals surface area contributed by atoms with Crippen molar-refractivity contribution in [2.24, 2.45) is 0 Å². The van der Waals surface area contributed by atoms with Crippen molar-refractivity contribution in [3.63, 3.8) is 0 Å². The highest BCUT2D eigenvalue weighted by Crippen LogP contribution is 2.36. The number of amides is 2. The van der Waals surface area contributed by atoms with E-state index in [2.05, 4.69) is 10.9 Å². The molecule has 0 saturated heterocycles. The number of rotatable bonds is 4. The number of hydrogen-bond acceptors (Lipinski definition) is 4. The SMILES string of the molecule is CC1Cc2ccccc2N1S(=O)(=O)c1cccc(C(=O)NNC(=O)c2ccc(F)cc2)c1. The van der Waals surface area contributed by atoms with Crippen molar-refractivity contribution in [1.29, 1.82) is 0 Å². The molecule has 0 saturated carbocycles. The van der Waals surface area contributed by atoms with Crippen LogP contribution >= 0.6 is 0 Å². The number of hydrazine groups is 1. The first-order valence-electron chi connectivity index (χ1n) is 9.86. The van der Waals surface area contributed by atoms with Gasteiger partial charge in [-0.15, -0.1) is 0 Å². The third-order valence-corrected chi connectivity index (χ3v) is 7.12. The number of para-hydroxylation sites is 1. The van der Waals surface area contributed by atoms with Crippen LogP contribution in [0, 0.1) is 5.82 Å². The van der Waals surface area contributed by atoms with Crippen LogP contribution < -0.4 is 15.2 Å². The molecule has 4 rings (SSSR count). The first kappa shape index (κ1) is 21.5. The quantitative estimate of drug-likeness (QED) is 0.594. The lowest BCUT2D eigenvalue weighted by atomic mass is 10.1. The van der Waals surface area contributed by atoms with Crippen LogP contribution in [0.3, 0.4) is 0 Å². The molecule has 1 heterocycles. The van der Waals surface area contributed by atoms with Crippen molar-refractivity contribution in [2.45, 2.75) is 24.3 Å². The van der Waals surface area contributed by atoms with Crippen molar-refractivity contribution >= 4 is 27.5 Å². The van der Waals surface area contributed by atoms with Gasteiger partial charge in [-0.25, -0.2) is 12.8 Å². The van der Waals surface area contributed by atoms with E-state index in [0.717, 1.165) is 17.7 Å². The van der Waals surface area contributed by atoms with E-state index in [1.54, 1.807) is 12.1 Å². The van der Waals surface area contributed by atoms with Gasteiger partial charge in [-0.2, -0.15) is 0 Å². The van der Waals surface area contributed by atoms with Crippen LogP contribution in [0.1, 0.15) is 33.2 Å². The second-order valence-electron chi connectivity index (χ2n) is 7.43. The minimum atomic E-state index is -3.91. The molecule has 7 nitrogen and oxygen atoms in total. The average molecular weight is 453 g/mol. The number of anilines is 1. The number of hydrogen-bond donors (Lipinski definition) is 2. The molecule has 3 aromatic rings. The van der Waals surface area contributed by atoms with E-state index < -0.39 is 27.7 Å². The Balaban J connectivity index is 1.52. The van der Waals surface area contributed by atoms with E-state index in [1.165, 1.54) is 40.7 Å². The first-order valence-corrected chi connectivity index (χ1v) is 11.3. The van der Waals surface area contributed by atoms with Crippen LogP contribution in [0.25, 0.3) is 0 Å². The minimum Gasteiger partial charge on any atom is -0.267 e. The fraction of sp³-hybridized carbons (Fsp3) is 0.130. The summed E-state index contributed by atoms with van der Waals surface area (Å²) < 4.78 is 41.1. The number of nitrogens with zero attached hydrogens (tertiary/aromatic N) is 1. The summed E-state index contributed by atoms with van der Waals surface area (Å²) in [6.07, 6.45) is 0.602. The molecule has 0 fully saturated rings. The van der Waals surface area contributed by atoms with E-state index in [0.29, 0.717) is 12.1 Å². The Labute approximate surface area is 184 Å². The van der Waals surface area contributed by atoms with Gasteiger partial charge < -0.3 is 0 Å². The summed E-state index contributed by atoms with van der Waals surface area (Å²) in [5, 5.41) is 0. The highest BCUT2D eigenvalue weighted by atomic mass is 32.2. The molecule has 1 atom stereocenters. The zero-order valence-corrected chi connectivity index (χ0v) is 17.9. The van der Waals surface area contributed by atoms with Crippen LogP contribution in [0.15, 0.2) is 77.7 Å². The molecule has 0 radical (unpaired) electrons. The summed E-state index contributed by atoms with van der Waals surface area (Å²) in [5.41, 5.74) is 6.26. The number of halogens is 1. The maximum Gasteiger partial charge on any atom is 0.269 e. The van der Waals surface area contributed by atoms with Crippen LogP contribution in [0.2, 0.25) is 0 Å². The average Bonchev–Trinajstić information content (AvgIpc) is 3.14. The predicted octanol–water partition coefficient (Wildman–Crippen LogP) is 3.04. The van der Waals surface area contributed by atoms with Gasteiger partial charge in [0.15, 0.2) is 0 Å². The lowest BCUT2D eigenvalue weighted by molar-refractivity contribution is 0.0846. The summed E-state index contributed by atoms with van der Waals surface area (Å²) in [6, 6.07) is 17.5. The number of sulfonamides is 1. The topological polar surface area (TPSA) is 95.6 Å². The fourth-order valence-corrected chi connectivity index (χ4v) is 5.41. The Morgan fingerprint density at radius 3 is 2.28 bits per heavy atom. The van der Waals surface area contributed by atoms with E-state index >= 15 is 0 Å². The molecule has 1 aliphatic heterocycles. The molecule has 32 heavy (non-hydrogen) atoms. The number of carbonyl (C=O) groups is 2. The molecule has 1 unspecified atom stereocenters. The van der Waals surface area contributed by atoms with Gasteiger partial charge in [-0.1, -0.05) is 24.3 Å². The van der Waals surface area contributed by atoms with Crippen LogP contribution in [0.4, 0.5) is 10.1 Å². The third kappa shape index (κ3) is 4.06. The van der Waals surface area contributed by atoms with Crippen LogP contribution in [-0.2, 0) is 16.4 Å². The van der Waals surface area contributed by atoms with E-state index in [9.17, 15) is 22.4 Å². The Hall–Kier alpha value is -3.72. The highest BCUT2D eigenvalue weighted by molar-refractivity contribution is 7.92. The Morgan fingerprint density at radius 1 is 0.906 bits per heavy atom. The monoisotopic (exact) mass is 453 g/mol. The number of fused-ring (bicyclic) bond motifs is 1. The van der Waals surface area contributed by atoms with Gasteiger partial charge in [0.1, 0.15) is 5.82 Å². The van der Waals surface area contributed by atoms with Crippen molar-refractivity contribution in [3.8, 4) is 0 Å². The lowest BCUT2D eigenvalue weighted by Gasteiger charge is -2.24. The van der Waals surface area contributed by atoms with Crippen molar-refractivity contribution in [2.75, 3.05) is 4.31 Å². The smallest absolute Gasteiger partial charge is 0.267 e.